The van der Waals surface area contributed by atoms with Gasteiger partial charge in [-0.15, -0.1) is 0 Å². The first-order valence-corrected chi connectivity index (χ1v) is 6.79. The van der Waals surface area contributed by atoms with Crippen LogP contribution in [0.15, 0.2) is 53.0 Å². The Morgan fingerprint density at radius 2 is 1.80 bits per heavy atom. The van der Waals surface area contributed by atoms with Crippen LogP contribution in [0.5, 0.6) is 5.75 Å². The summed E-state index contributed by atoms with van der Waals surface area (Å²) in [4.78, 5) is 0. The highest BCUT2D eigenvalue weighted by molar-refractivity contribution is 9.10. The number of aliphatic hydroxyl groups is 1. The molecule has 0 aliphatic rings. The van der Waals surface area contributed by atoms with E-state index < -0.39 is 12.5 Å². The highest BCUT2D eigenvalue weighted by atomic mass is 79.9. The second-order valence-electron chi connectivity index (χ2n) is 4.24. The molecule has 0 radical (unpaired) electrons. The van der Waals surface area contributed by atoms with Crippen LogP contribution in [0.2, 0.25) is 0 Å². The van der Waals surface area contributed by atoms with Gasteiger partial charge in [-0.3, -0.25) is 0 Å². The van der Waals surface area contributed by atoms with Crippen molar-refractivity contribution in [3.05, 3.63) is 64.1 Å². The van der Waals surface area contributed by atoms with Crippen molar-refractivity contribution in [3.8, 4) is 5.75 Å². The highest BCUT2D eigenvalue weighted by Gasteiger charge is 2.23. The number of aliphatic hydroxyl groups excluding tert-OH is 1. The number of hydrogen-bond donors (Lipinski definition) is 1. The molecule has 2 rings (SSSR count). The first-order valence-electron chi connectivity index (χ1n) is 6.00. The predicted octanol–water partition coefficient (Wildman–Crippen LogP) is 4.33. The molecule has 0 heterocycles. The minimum absolute atomic E-state index is 0.0744. The van der Waals surface area contributed by atoms with E-state index in [1.807, 2.05) is 30.3 Å². The van der Waals surface area contributed by atoms with Crippen molar-refractivity contribution >= 4 is 15.9 Å². The second-order valence-corrected chi connectivity index (χ2v) is 5.15. The summed E-state index contributed by atoms with van der Waals surface area (Å²) >= 11 is 3.20. The molecule has 0 spiro atoms. The molecule has 0 aliphatic heterocycles. The number of hydrogen-bond acceptors (Lipinski definition) is 2. The van der Waals surface area contributed by atoms with E-state index in [0.717, 1.165) is 5.56 Å². The molecule has 0 bridgehead atoms. The molecule has 20 heavy (non-hydrogen) atoms. The van der Waals surface area contributed by atoms with Crippen LogP contribution in [0.3, 0.4) is 0 Å². The summed E-state index contributed by atoms with van der Waals surface area (Å²) in [5.74, 6) is 0.254. The molecule has 5 heteroatoms. The fraction of sp³-hybridized carbons (Fsp3) is 0.200. The average molecular weight is 343 g/mol. The van der Waals surface area contributed by atoms with Crippen LogP contribution >= 0.6 is 15.9 Å². The lowest BCUT2D eigenvalue weighted by atomic mass is 10.1. The van der Waals surface area contributed by atoms with Crippen molar-refractivity contribution < 1.29 is 18.6 Å². The Hall–Kier alpha value is -1.46. The number of rotatable bonds is 5. The summed E-state index contributed by atoms with van der Waals surface area (Å²) < 4.78 is 31.5. The molecule has 1 atom stereocenters. The smallest absolute Gasteiger partial charge is 0.268 e. The van der Waals surface area contributed by atoms with E-state index in [1.54, 1.807) is 12.1 Å². The molecule has 0 amide bonds. The Balaban J connectivity index is 2.18. The van der Waals surface area contributed by atoms with Gasteiger partial charge in [-0.1, -0.05) is 46.3 Å². The zero-order chi connectivity index (χ0) is 14.5. The maximum atomic E-state index is 12.7. The summed E-state index contributed by atoms with van der Waals surface area (Å²) in [7, 11) is 0. The minimum Gasteiger partial charge on any atom is -0.489 e. The Bertz CT molecular complexity index is 561. The lowest BCUT2D eigenvalue weighted by molar-refractivity contribution is -0.00740. The SMILES string of the molecule is OC(c1cc(Br)ccc1OCc1ccccc1)C(F)F. The number of halogens is 3. The van der Waals surface area contributed by atoms with Gasteiger partial charge < -0.3 is 9.84 Å². The zero-order valence-corrected chi connectivity index (χ0v) is 12.1. The van der Waals surface area contributed by atoms with E-state index in [0.29, 0.717) is 4.47 Å². The van der Waals surface area contributed by atoms with E-state index in [2.05, 4.69) is 15.9 Å². The molecule has 0 aromatic heterocycles. The van der Waals surface area contributed by atoms with Gasteiger partial charge in [0.25, 0.3) is 6.43 Å². The Kier molecular flexibility index (Phi) is 5.09. The third-order valence-corrected chi connectivity index (χ3v) is 3.26. The van der Waals surface area contributed by atoms with Crippen LogP contribution in [-0.2, 0) is 6.61 Å². The quantitative estimate of drug-likeness (QED) is 0.876. The molecular weight excluding hydrogens is 330 g/mol. The molecule has 2 aromatic carbocycles. The van der Waals surface area contributed by atoms with Gasteiger partial charge in [-0.05, 0) is 23.8 Å². The van der Waals surface area contributed by atoms with Gasteiger partial charge in [0.2, 0.25) is 0 Å². The minimum atomic E-state index is -2.86. The maximum Gasteiger partial charge on any atom is 0.268 e. The van der Waals surface area contributed by atoms with Crippen LogP contribution in [0.25, 0.3) is 0 Å². The van der Waals surface area contributed by atoms with Crippen LogP contribution in [0.4, 0.5) is 8.78 Å². The van der Waals surface area contributed by atoms with Crippen molar-refractivity contribution in [2.24, 2.45) is 0 Å². The van der Waals surface area contributed by atoms with Gasteiger partial charge in [0, 0.05) is 10.0 Å². The van der Waals surface area contributed by atoms with Crippen molar-refractivity contribution in [3.63, 3.8) is 0 Å². The topological polar surface area (TPSA) is 29.5 Å². The van der Waals surface area contributed by atoms with E-state index in [1.165, 1.54) is 6.07 Å². The van der Waals surface area contributed by atoms with Gasteiger partial charge in [-0.2, -0.15) is 0 Å². The molecular formula is C15H13BrF2O2. The van der Waals surface area contributed by atoms with Gasteiger partial charge in [-0.25, -0.2) is 8.78 Å². The number of alkyl halides is 2. The van der Waals surface area contributed by atoms with E-state index in [-0.39, 0.29) is 17.9 Å². The summed E-state index contributed by atoms with van der Waals surface area (Å²) in [6.07, 6.45) is -4.72. The van der Waals surface area contributed by atoms with E-state index in [4.69, 9.17) is 4.74 Å². The van der Waals surface area contributed by atoms with Crippen LogP contribution in [-0.4, -0.2) is 11.5 Å². The summed E-state index contributed by atoms with van der Waals surface area (Å²) in [6, 6.07) is 14.1. The Labute approximate surface area is 124 Å². The fourth-order valence-corrected chi connectivity index (χ4v) is 2.13. The normalized spacial score (nSPS) is 12.4. The summed E-state index contributed by atoms with van der Waals surface area (Å²) in [5.41, 5.74) is 0.998. The highest BCUT2D eigenvalue weighted by Crippen LogP contribution is 2.32. The molecule has 1 N–H and O–H groups in total. The molecule has 1 unspecified atom stereocenters. The predicted molar refractivity (Wildman–Crippen MR) is 75.9 cm³/mol. The molecule has 0 saturated carbocycles. The lowest BCUT2D eigenvalue weighted by Gasteiger charge is -2.16. The second kappa shape index (κ2) is 6.81. The Morgan fingerprint density at radius 3 is 2.45 bits per heavy atom. The van der Waals surface area contributed by atoms with Crippen molar-refractivity contribution in [1.29, 1.82) is 0 Å². The molecule has 0 saturated heterocycles. The van der Waals surface area contributed by atoms with Gasteiger partial charge in [0.1, 0.15) is 18.5 Å². The summed E-state index contributed by atoms with van der Waals surface area (Å²) in [5, 5.41) is 9.55. The van der Waals surface area contributed by atoms with Gasteiger partial charge in [0.15, 0.2) is 0 Å². The average Bonchev–Trinajstić information content (AvgIpc) is 2.46. The number of ether oxygens (including phenoxy) is 1. The van der Waals surface area contributed by atoms with Crippen molar-refractivity contribution in [1.82, 2.24) is 0 Å². The largest absolute Gasteiger partial charge is 0.489 e. The summed E-state index contributed by atoms with van der Waals surface area (Å²) in [6.45, 7) is 0.255. The first kappa shape index (κ1) is 14.9. The van der Waals surface area contributed by atoms with E-state index in [9.17, 15) is 13.9 Å². The molecule has 2 nitrogen and oxygen atoms in total. The van der Waals surface area contributed by atoms with Crippen LogP contribution in [0.1, 0.15) is 17.2 Å². The van der Waals surface area contributed by atoms with Crippen molar-refractivity contribution in [2.45, 2.75) is 19.1 Å². The molecule has 2 aromatic rings. The molecule has 0 fully saturated rings. The van der Waals surface area contributed by atoms with Gasteiger partial charge >= 0.3 is 0 Å². The maximum absolute atomic E-state index is 12.7. The monoisotopic (exact) mass is 342 g/mol. The van der Waals surface area contributed by atoms with Gasteiger partial charge in [0.05, 0.1) is 0 Å². The third-order valence-electron chi connectivity index (χ3n) is 2.77. The van der Waals surface area contributed by atoms with E-state index >= 15 is 0 Å². The number of benzene rings is 2. The fourth-order valence-electron chi connectivity index (χ4n) is 1.75. The Morgan fingerprint density at radius 1 is 1.10 bits per heavy atom. The lowest BCUT2D eigenvalue weighted by Crippen LogP contribution is -2.10. The van der Waals surface area contributed by atoms with Crippen LogP contribution in [0, 0.1) is 0 Å². The zero-order valence-electron chi connectivity index (χ0n) is 10.5. The first-order chi connectivity index (χ1) is 9.58. The standard InChI is InChI=1S/C15H13BrF2O2/c16-11-6-7-13(12(8-11)14(19)15(17)18)20-9-10-4-2-1-3-5-10/h1-8,14-15,19H,9H2. The van der Waals surface area contributed by atoms with Crippen molar-refractivity contribution in [2.75, 3.05) is 0 Å². The molecule has 106 valence electrons. The third kappa shape index (κ3) is 3.77. The van der Waals surface area contributed by atoms with Crippen LogP contribution < -0.4 is 4.74 Å². The molecule has 0 aliphatic carbocycles.